The summed E-state index contributed by atoms with van der Waals surface area (Å²) < 4.78 is 9.78. The molecule has 9 rings (SSSR count). The van der Waals surface area contributed by atoms with Gasteiger partial charge in [-0.1, -0.05) is 18.2 Å². The summed E-state index contributed by atoms with van der Waals surface area (Å²) in [5, 5.41) is 15.2. The second-order valence-corrected chi connectivity index (χ2v) is 16.1. The number of nitrogens with one attached hydrogen (secondary N) is 2. The summed E-state index contributed by atoms with van der Waals surface area (Å²) in [6, 6.07) is 10.5. The molecule has 2 saturated heterocycles. The first-order chi connectivity index (χ1) is 27.5. The van der Waals surface area contributed by atoms with Crippen LogP contribution in [-0.2, 0) is 33.0 Å². The van der Waals surface area contributed by atoms with E-state index in [4.69, 9.17) is 19.7 Å². The van der Waals surface area contributed by atoms with E-state index in [2.05, 4.69) is 76.4 Å². The number of imide groups is 2. The highest BCUT2D eigenvalue weighted by Gasteiger charge is 2.45. The molecule has 2 N–H and O–H groups in total. The third-order valence-electron chi connectivity index (χ3n) is 12.1. The molecule has 3 aliphatic heterocycles. The van der Waals surface area contributed by atoms with Crippen LogP contribution < -0.4 is 15.5 Å². The number of carbonyl (C=O) groups is 4. The van der Waals surface area contributed by atoms with Gasteiger partial charge in [0.05, 0.1) is 48.8 Å². The molecule has 0 spiro atoms. The Balaban J connectivity index is 0.936. The molecule has 4 aliphatic rings. The fourth-order valence-electron chi connectivity index (χ4n) is 8.21. The summed E-state index contributed by atoms with van der Waals surface area (Å²) in [4.78, 5) is 69.7. The van der Waals surface area contributed by atoms with E-state index in [1.165, 1.54) is 0 Å². The van der Waals surface area contributed by atoms with Crippen molar-refractivity contribution < 1.29 is 23.9 Å². The zero-order valence-corrected chi connectivity index (χ0v) is 32.4. The number of rotatable bonds is 11. The van der Waals surface area contributed by atoms with Crippen LogP contribution in [0.3, 0.4) is 0 Å². The number of hydrogen-bond donors (Lipinski definition) is 2. The van der Waals surface area contributed by atoms with Gasteiger partial charge in [-0.25, -0.2) is 19.6 Å². The molecule has 0 radical (unpaired) electrons. The quantitative estimate of drug-likeness (QED) is 0.182. The maximum Gasteiger partial charge on any atom is 0.264 e. The van der Waals surface area contributed by atoms with Gasteiger partial charge in [-0.3, -0.25) is 29.4 Å². The lowest BCUT2D eigenvalue weighted by Crippen LogP contribution is -2.54. The first-order valence-electron chi connectivity index (χ1n) is 19.7. The SMILES string of the molecule is CC1COCCN1c1cc(C2CC2)nc(-c2ccnc3c2ccn3C(C)(C)C(C)Cn2nncc2CNc2cccc3c2C(=O)N(C2CCC(=O)NC2=O)C3=O)n1. The third-order valence-corrected chi connectivity index (χ3v) is 12.1. The molecule has 4 aromatic heterocycles. The van der Waals surface area contributed by atoms with Crippen molar-refractivity contribution in [3.05, 3.63) is 77.5 Å². The summed E-state index contributed by atoms with van der Waals surface area (Å²) in [6.45, 7) is 11.7. The number of carbonyl (C=O) groups excluding carboxylic acids is 4. The predicted molar refractivity (Wildman–Crippen MR) is 209 cm³/mol. The lowest BCUT2D eigenvalue weighted by atomic mass is 9.88. The van der Waals surface area contributed by atoms with Crippen molar-refractivity contribution in [1.82, 2.24) is 44.7 Å². The van der Waals surface area contributed by atoms with E-state index in [1.807, 2.05) is 16.9 Å². The number of amides is 4. The van der Waals surface area contributed by atoms with Crippen molar-refractivity contribution in [2.75, 3.05) is 30.0 Å². The minimum atomic E-state index is -1.04. The molecule has 294 valence electrons. The molecular weight excluding hydrogens is 727 g/mol. The number of anilines is 2. The zero-order chi connectivity index (χ0) is 39.6. The Morgan fingerprint density at radius 1 is 1.04 bits per heavy atom. The third kappa shape index (κ3) is 6.50. The number of fused-ring (bicyclic) bond motifs is 2. The van der Waals surface area contributed by atoms with Crippen molar-refractivity contribution in [1.29, 1.82) is 0 Å². The van der Waals surface area contributed by atoms with E-state index in [-0.39, 0.29) is 42.5 Å². The molecule has 16 heteroatoms. The van der Waals surface area contributed by atoms with Gasteiger partial charge in [0.25, 0.3) is 11.8 Å². The van der Waals surface area contributed by atoms with Crippen LogP contribution in [0.2, 0.25) is 0 Å². The lowest BCUT2D eigenvalue weighted by Gasteiger charge is -2.34. The number of ether oxygens (including phenoxy) is 1. The van der Waals surface area contributed by atoms with E-state index in [1.54, 1.807) is 24.4 Å². The van der Waals surface area contributed by atoms with Crippen LogP contribution in [0.4, 0.5) is 11.5 Å². The Morgan fingerprint density at radius 3 is 2.67 bits per heavy atom. The summed E-state index contributed by atoms with van der Waals surface area (Å²) in [6.07, 6.45) is 8.04. The highest BCUT2D eigenvalue weighted by atomic mass is 16.5. The van der Waals surface area contributed by atoms with Crippen molar-refractivity contribution in [2.45, 2.75) is 90.0 Å². The molecule has 1 saturated carbocycles. The summed E-state index contributed by atoms with van der Waals surface area (Å²) in [7, 11) is 0. The number of piperidine rings is 1. The van der Waals surface area contributed by atoms with Crippen LogP contribution >= 0.6 is 0 Å². The van der Waals surface area contributed by atoms with Gasteiger partial charge in [0, 0.05) is 71.8 Å². The van der Waals surface area contributed by atoms with Crippen molar-refractivity contribution in [3.63, 3.8) is 0 Å². The Labute approximate surface area is 329 Å². The van der Waals surface area contributed by atoms with Crippen LogP contribution in [-0.4, -0.2) is 94.9 Å². The minimum Gasteiger partial charge on any atom is -0.379 e. The highest BCUT2D eigenvalue weighted by Crippen LogP contribution is 2.42. The lowest BCUT2D eigenvalue weighted by molar-refractivity contribution is -0.136. The number of nitrogens with zero attached hydrogens (tertiary/aromatic N) is 9. The molecule has 5 aromatic rings. The van der Waals surface area contributed by atoms with Gasteiger partial charge >= 0.3 is 0 Å². The van der Waals surface area contributed by atoms with Crippen molar-refractivity contribution >= 4 is 46.2 Å². The molecule has 0 bridgehead atoms. The van der Waals surface area contributed by atoms with E-state index < -0.39 is 35.2 Å². The molecule has 7 heterocycles. The summed E-state index contributed by atoms with van der Waals surface area (Å²) in [5.41, 5.74) is 4.12. The van der Waals surface area contributed by atoms with Gasteiger partial charge in [0.15, 0.2) is 5.82 Å². The van der Waals surface area contributed by atoms with Gasteiger partial charge in [0.1, 0.15) is 17.5 Å². The van der Waals surface area contributed by atoms with Crippen LogP contribution in [0.25, 0.3) is 22.4 Å². The van der Waals surface area contributed by atoms with E-state index in [0.717, 1.165) is 58.1 Å². The summed E-state index contributed by atoms with van der Waals surface area (Å²) >= 11 is 0. The average Bonchev–Trinajstić information content (AvgIpc) is 3.72. The Morgan fingerprint density at radius 2 is 1.88 bits per heavy atom. The number of hydrogen-bond acceptors (Lipinski definition) is 12. The van der Waals surface area contributed by atoms with Gasteiger partial charge in [-0.2, -0.15) is 0 Å². The molecule has 3 atom stereocenters. The van der Waals surface area contributed by atoms with Gasteiger partial charge in [-0.05, 0) is 70.2 Å². The van der Waals surface area contributed by atoms with Gasteiger partial charge < -0.3 is 19.5 Å². The fraction of sp³-hybridized carbons (Fsp3) is 0.439. The normalized spacial score (nSPS) is 20.6. The summed E-state index contributed by atoms with van der Waals surface area (Å²) in [5.74, 6) is -0.0176. The van der Waals surface area contributed by atoms with Crippen LogP contribution in [0.15, 0.2) is 55.0 Å². The zero-order valence-electron chi connectivity index (χ0n) is 32.4. The van der Waals surface area contributed by atoms with E-state index in [0.29, 0.717) is 37.2 Å². The molecule has 3 unspecified atom stereocenters. The second kappa shape index (κ2) is 14.2. The first kappa shape index (κ1) is 36.6. The molecule has 1 aliphatic carbocycles. The monoisotopic (exact) mass is 771 g/mol. The molecule has 4 amide bonds. The molecule has 16 nitrogen and oxygen atoms in total. The highest BCUT2D eigenvalue weighted by molar-refractivity contribution is 6.25. The smallest absolute Gasteiger partial charge is 0.264 e. The number of aromatic nitrogens is 7. The largest absolute Gasteiger partial charge is 0.379 e. The standard InChI is InChI=1S/C41H45N11O5/c1-23(21-51-26(20-44-48-51)19-43-30-7-5-6-29-35(30)40(56)52(39(29)55)32-10-11-34(53)47-38(32)54)41(3,4)50-15-13-28-27(12-14-42-37(28)50)36-45-31(25-8-9-25)18-33(46-36)49-16-17-57-22-24(49)2/h5-7,12-15,18,20,23-25,32,43H,8-11,16-17,19,21-22H2,1-4H3,(H,47,53,54). The van der Waals surface area contributed by atoms with Crippen molar-refractivity contribution in [2.24, 2.45) is 5.92 Å². The Hall–Kier alpha value is -6.03. The fourth-order valence-corrected chi connectivity index (χ4v) is 8.21. The molecular formula is C41H45N11O5. The number of pyridine rings is 1. The molecule has 57 heavy (non-hydrogen) atoms. The van der Waals surface area contributed by atoms with Crippen LogP contribution in [0, 0.1) is 5.92 Å². The van der Waals surface area contributed by atoms with Crippen LogP contribution in [0.5, 0.6) is 0 Å². The second-order valence-electron chi connectivity index (χ2n) is 16.1. The first-order valence-corrected chi connectivity index (χ1v) is 19.7. The van der Waals surface area contributed by atoms with Crippen molar-refractivity contribution in [3.8, 4) is 11.4 Å². The average molecular weight is 772 g/mol. The molecule has 3 fully saturated rings. The molecule has 1 aromatic carbocycles. The maximum atomic E-state index is 13.6. The minimum absolute atomic E-state index is 0.0464. The number of morpholine rings is 1. The van der Waals surface area contributed by atoms with Gasteiger partial charge in [0.2, 0.25) is 11.8 Å². The maximum absolute atomic E-state index is 13.6. The predicted octanol–water partition coefficient (Wildman–Crippen LogP) is 4.27. The Kier molecular flexibility index (Phi) is 9.10. The topological polar surface area (TPSA) is 182 Å². The van der Waals surface area contributed by atoms with E-state index >= 15 is 0 Å². The number of benzene rings is 1. The Bertz CT molecular complexity index is 2430. The van der Waals surface area contributed by atoms with Crippen LogP contribution in [0.1, 0.15) is 91.4 Å². The van der Waals surface area contributed by atoms with E-state index in [9.17, 15) is 19.2 Å². The van der Waals surface area contributed by atoms with Gasteiger partial charge in [-0.15, -0.1) is 5.10 Å².